The lowest BCUT2D eigenvalue weighted by molar-refractivity contribution is 0.585. The fourth-order valence-corrected chi connectivity index (χ4v) is 12.8. The van der Waals surface area contributed by atoms with Crippen molar-refractivity contribution in [2.24, 2.45) is 0 Å². The third-order valence-corrected chi connectivity index (χ3v) is 18.3. The van der Waals surface area contributed by atoms with E-state index < -0.39 is 39.4 Å². The smallest absolute Gasteiger partial charge is 0.150 e. The van der Waals surface area contributed by atoms with Gasteiger partial charge in [-0.15, -0.1) is 0 Å². The SMILES string of the molecule is Cc1cccc(C)c1-c1cc(N(c2ccc([Si](C)(C)C)cc2)c2ccc3ccc4c(N(c5ccc([Si](C)(C)C)cc5)c5cc(-c6c(C)cccc6C)c(F)cc5F)ccc5ccc2c3c54)c(F)cc1F. The van der Waals surface area contributed by atoms with Crippen LogP contribution in [-0.2, 0) is 0 Å². The van der Waals surface area contributed by atoms with Crippen molar-refractivity contribution in [3.63, 3.8) is 0 Å². The first-order valence-corrected chi connectivity index (χ1v) is 30.9. The second-order valence-electron chi connectivity index (χ2n) is 21.0. The number of hydrogen-bond donors (Lipinski definition) is 0. The van der Waals surface area contributed by atoms with Crippen molar-refractivity contribution in [2.75, 3.05) is 9.80 Å². The van der Waals surface area contributed by atoms with E-state index in [0.717, 1.165) is 89.2 Å². The minimum absolute atomic E-state index is 0.218. The van der Waals surface area contributed by atoms with Gasteiger partial charge >= 0.3 is 0 Å². The number of benzene rings is 10. The second kappa shape index (κ2) is 17.4. The Morgan fingerprint density at radius 1 is 0.343 bits per heavy atom. The van der Waals surface area contributed by atoms with Gasteiger partial charge in [0, 0.05) is 45.4 Å². The minimum atomic E-state index is -1.72. The maximum absolute atomic E-state index is 16.9. The molecule has 0 aromatic heterocycles. The van der Waals surface area contributed by atoms with E-state index in [1.54, 1.807) is 12.1 Å². The van der Waals surface area contributed by atoms with Crippen LogP contribution in [0.1, 0.15) is 22.3 Å². The van der Waals surface area contributed by atoms with E-state index in [1.807, 2.05) is 110 Å². The molecule has 10 aromatic carbocycles. The molecular weight excluding hydrogens is 905 g/mol. The van der Waals surface area contributed by atoms with Gasteiger partial charge in [0.2, 0.25) is 0 Å². The molecule has 10 aromatic rings. The summed E-state index contributed by atoms with van der Waals surface area (Å²) < 4.78 is 66.1. The first kappa shape index (κ1) is 46.7. The van der Waals surface area contributed by atoms with Crippen molar-refractivity contribution in [3.05, 3.63) is 203 Å². The first-order chi connectivity index (χ1) is 33.3. The highest BCUT2D eigenvalue weighted by Crippen LogP contribution is 2.49. The van der Waals surface area contributed by atoms with E-state index in [4.69, 9.17) is 0 Å². The Bertz CT molecular complexity index is 3380. The Balaban J connectivity index is 1.24. The second-order valence-corrected chi connectivity index (χ2v) is 31.1. The molecule has 0 aliphatic heterocycles. The van der Waals surface area contributed by atoms with Crippen LogP contribution in [0.4, 0.5) is 51.7 Å². The van der Waals surface area contributed by atoms with Crippen LogP contribution in [-0.4, -0.2) is 16.1 Å². The zero-order valence-corrected chi connectivity index (χ0v) is 43.4. The number of rotatable bonds is 10. The predicted molar refractivity (Wildman–Crippen MR) is 295 cm³/mol. The van der Waals surface area contributed by atoms with Crippen LogP contribution in [0.25, 0.3) is 54.6 Å². The predicted octanol–water partition coefficient (Wildman–Crippen LogP) is 17.7. The average molecular weight is 961 g/mol. The van der Waals surface area contributed by atoms with E-state index in [1.165, 1.54) is 10.4 Å². The lowest BCUT2D eigenvalue weighted by atomic mass is 9.91. The van der Waals surface area contributed by atoms with Gasteiger partial charge in [-0.25, -0.2) is 17.6 Å². The molecule has 0 N–H and O–H groups in total. The van der Waals surface area contributed by atoms with Gasteiger partial charge in [0.15, 0.2) is 0 Å². The van der Waals surface area contributed by atoms with Crippen molar-refractivity contribution in [1.29, 1.82) is 0 Å². The molecule has 0 spiro atoms. The lowest BCUT2D eigenvalue weighted by Gasteiger charge is -2.31. The Labute approximate surface area is 410 Å². The molecule has 0 aliphatic carbocycles. The summed E-state index contributed by atoms with van der Waals surface area (Å²) in [5.74, 6) is -2.64. The fraction of sp³-hybridized carbons (Fsp3) is 0.161. The molecule has 0 aliphatic rings. The molecule has 70 heavy (non-hydrogen) atoms. The molecule has 0 fully saturated rings. The van der Waals surface area contributed by atoms with Crippen LogP contribution in [0.15, 0.2) is 158 Å². The number of hydrogen-bond acceptors (Lipinski definition) is 2. The van der Waals surface area contributed by atoms with Crippen molar-refractivity contribution in [3.8, 4) is 22.3 Å². The van der Waals surface area contributed by atoms with Crippen LogP contribution < -0.4 is 20.2 Å². The molecule has 0 heterocycles. The van der Waals surface area contributed by atoms with E-state index in [0.29, 0.717) is 22.5 Å². The summed E-state index contributed by atoms with van der Waals surface area (Å²) in [5, 5.41) is 8.05. The maximum atomic E-state index is 16.9. The number of halogens is 4. The van der Waals surface area contributed by atoms with Crippen LogP contribution >= 0.6 is 0 Å². The van der Waals surface area contributed by atoms with Crippen LogP contribution in [0, 0.1) is 51.0 Å². The van der Waals surface area contributed by atoms with Crippen molar-refractivity contribution in [1.82, 2.24) is 0 Å². The summed E-state index contributed by atoms with van der Waals surface area (Å²) in [6, 6.07) is 50.2. The van der Waals surface area contributed by atoms with Crippen molar-refractivity contribution in [2.45, 2.75) is 67.0 Å². The third kappa shape index (κ3) is 8.06. The van der Waals surface area contributed by atoms with Gasteiger partial charge in [-0.05, 0) is 131 Å². The molecule has 2 nitrogen and oxygen atoms in total. The number of aryl methyl sites for hydroxylation is 4. The van der Waals surface area contributed by atoms with Gasteiger partial charge in [0.1, 0.15) is 23.3 Å². The summed E-state index contributed by atoms with van der Waals surface area (Å²) in [4.78, 5) is 3.84. The average Bonchev–Trinajstić information content (AvgIpc) is 3.31. The van der Waals surface area contributed by atoms with Crippen LogP contribution in [0.5, 0.6) is 0 Å². The summed E-state index contributed by atoms with van der Waals surface area (Å²) in [7, 11) is -3.43. The highest BCUT2D eigenvalue weighted by molar-refractivity contribution is 6.89. The van der Waals surface area contributed by atoms with E-state index in [2.05, 4.69) is 99.9 Å². The van der Waals surface area contributed by atoms with Crippen molar-refractivity contribution >= 4 is 93.0 Å². The van der Waals surface area contributed by atoms with Crippen molar-refractivity contribution < 1.29 is 17.6 Å². The quantitative estimate of drug-likeness (QED) is 0.0766. The normalized spacial score (nSPS) is 12.1. The maximum Gasteiger partial charge on any atom is 0.150 e. The van der Waals surface area contributed by atoms with E-state index in [-0.39, 0.29) is 11.4 Å². The largest absolute Gasteiger partial charge is 0.307 e. The molecule has 0 saturated carbocycles. The molecule has 0 atom stereocenters. The topological polar surface area (TPSA) is 6.48 Å². The Morgan fingerprint density at radius 2 is 0.671 bits per heavy atom. The number of nitrogens with zero attached hydrogens (tertiary/aromatic N) is 2. The van der Waals surface area contributed by atoms with Crippen LogP contribution in [0.3, 0.4) is 0 Å². The molecule has 0 unspecified atom stereocenters. The zero-order chi connectivity index (χ0) is 49.6. The summed E-state index contributed by atoms with van der Waals surface area (Å²) in [6.45, 7) is 21.6. The summed E-state index contributed by atoms with van der Waals surface area (Å²) in [5.41, 5.74) is 9.01. The molecule has 0 bridgehead atoms. The first-order valence-electron chi connectivity index (χ1n) is 23.9. The molecule has 0 saturated heterocycles. The summed E-state index contributed by atoms with van der Waals surface area (Å²) >= 11 is 0. The molecule has 8 heteroatoms. The van der Waals surface area contributed by atoms with E-state index >= 15 is 17.6 Å². The van der Waals surface area contributed by atoms with Crippen LogP contribution in [0.2, 0.25) is 39.3 Å². The van der Waals surface area contributed by atoms with Gasteiger partial charge in [-0.3, -0.25) is 0 Å². The molecular formula is C62H56F4N2Si2. The monoisotopic (exact) mass is 960 g/mol. The fourth-order valence-electron chi connectivity index (χ4n) is 10.5. The lowest BCUT2D eigenvalue weighted by Crippen LogP contribution is -2.37. The van der Waals surface area contributed by atoms with Gasteiger partial charge in [0.25, 0.3) is 0 Å². The highest BCUT2D eigenvalue weighted by Gasteiger charge is 2.28. The van der Waals surface area contributed by atoms with E-state index in [9.17, 15) is 0 Å². The Morgan fingerprint density at radius 3 is 1.00 bits per heavy atom. The van der Waals surface area contributed by atoms with Gasteiger partial charge in [-0.2, -0.15) is 0 Å². The minimum Gasteiger partial charge on any atom is -0.307 e. The molecule has 10 rings (SSSR count). The molecule has 0 amide bonds. The third-order valence-electron chi connectivity index (χ3n) is 14.1. The Hall–Kier alpha value is -7.01. The Kier molecular flexibility index (Phi) is 11.6. The van der Waals surface area contributed by atoms with Gasteiger partial charge < -0.3 is 9.80 Å². The highest BCUT2D eigenvalue weighted by atomic mass is 28.3. The number of anilines is 6. The summed E-state index contributed by atoms with van der Waals surface area (Å²) in [6.07, 6.45) is 0. The van der Waals surface area contributed by atoms with Gasteiger partial charge in [0.05, 0.1) is 38.9 Å². The van der Waals surface area contributed by atoms with Gasteiger partial charge in [-0.1, -0.05) is 147 Å². The molecule has 0 radical (unpaired) electrons. The zero-order valence-electron chi connectivity index (χ0n) is 41.4. The standard InChI is InChI=1S/C62H56F4N2Si2/c1-37-13-11-14-38(2)59(37)49-33-57(53(65)35-51(49)63)67(43-21-25-45(26-22-43)69(5,6)7)55-31-19-41-18-30-48-56(32-20-42-17-29-47(55)61(41)62(42)48)68(44-23-27-46(28-24-44)70(8,9)10)58-34-50(52(64)36-54(58)66)60-39(3)15-12-16-40(60)4/h11-36H,1-10H3. The molecule has 350 valence electrons.